The van der Waals surface area contributed by atoms with E-state index in [9.17, 15) is 8.42 Å². The highest BCUT2D eigenvalue weighted by Crippen LogP contribution is 2.19. The van der Waals surface area contributed by atoms with Gasteiger partial charge in [0.15, 0.2) is 0 Å². The van der Waals surface area contributed by atoms with Crippen LogP contribution in [0.25, 0.3) is 0 Å². The molecule has 0 saturated carbocycles. The molecule has 0 aliphatic carbocycles. The summed E-state index contributed by atoms with van der Waals surface area (Å²) >= 11 is 0. The Balaban J connectivity index is 2.68. The van der Waals surface area contributed by atoms with Crippen molar-refractivity contribution in [3.63, 3.8) is 0 Å². The van der Waals surface area contributed by atoms with Crippen LogP contribution >= 0.6 is 0 Å². The van der Waals surface area contributed by atoms with Gasteiger partial charge in [-0.2, -0.15) is 0 Å². The molecule has 0 amide bonds. The first-order chi connectivity index (χ1) is 6.89. The van der Waals surface area contributed by atoms with E-state index in [2.05, 4.69) is 4.90 Å². The summed E-state index contributed by atoms with van der Waals surface area (Å²) in [7, 11) is 0.785. The minimum atomic E-state index is -3.17. The van der Waals surface area contributed by atoms with E-state index in [0.29, 0.717) is 19.1 Å². The van der Waals surface area contributed by atoms with Crippen LogP contribution in [0.5, 0.6) is 0 Å². The van der Waals surface area contributed by atoms with E-state index in [0.717, 1.165) is 6.42 Å². The topological polar surface area (TPSA) is 66.6 Å². The van der Waals surface area contributed by atoms with E-state index in [4.69, 9.17) is 5.73 Å². The van der Waals surface area contributed by atoms with E-state index >= 15 is 0 Å². The second-order valence-electron chi connectivity index (χ2n) is 4.36. The standard InChI is InChI=1S/C9H21N3O2S/c1-8(6-10)15(13,14)12-5-4-9(7-12)11(2)3/h8-9H,4-7,10H2,1-3H3. The van der Waals surface area contributed by atoms with E-state index in [1.165, 1.54) is 0 Å². The molecule has 0 aromatic rings. The number of nitrogens with two attached hydrogens (primary N) is 1. The van der Waals surface area contributed by atoms with Gasteiger partial charge < -0.3 is 10.6 Å². The molecular weight excluding hydrogens is 214 g/mol. The molecule has 0 radical (unpaired) electrons. The third-order valence-corrected chi connectivity index (χ3v) is 5.32. The number of likely N-dealkylation sites (N-methyl/N-ethyl adjacent to an activating group) is 1. The van der Waals surface area contributed by atoms with Crippen LogP contribution in [0.4, 0.5) is 0 Å². The van der Waals surface area contributed by atoms with Gasteiger partial charge in [-0.3, -0.25) is 0 Å². The van der Waals surface area contributed by atoms with Crippen LogP contribution in [0.15, 0.2) is 0 Å². The van der Waals surface area contributed by atoms with Crippen molar-refractivity contribution in [1.29, 1.82) is 0 Å². The lowest BCUT2D eigenvalue weighted by molar-refractivity contribution is 0.302. The van der Waals surface area contributed by atoms with Gasteiger partial charge >= 0.3 is 0 Å². The second-order valence-corrected chi connectivity index (χ2v) is 6.71. The maximum absolute atomic E-state index is 12.0. The van der Waals surface area contributed by atoms with Gasteiger partial charge in [-0.05, 0) is 27.4 Å². The zero-order valence-electron chi connectivity index (χ0n) is 9.68. The number of nitrogens with zero attached hydrogens (tertiary/aromatic N) is 2. The first-order valence-corrected chi connectivity index (χ1v) is 6.75. The fourth-order valence-electron chi connectivity index (χ4n) is 1.74. The summed E-state index contributed by atoms with van der Waals surface area (Å²) in [5.74, 6) is 0. The van der Waals surface area contributed by atoms with Gasteiger partial charge in [-0.1, -0.05) is 0 Å². The SMILES string of the molecule is CC(CN)S(=O)(=O)N1CCC(N(C)C)C1. The van der Waals surface area contributed by atoms with Crippen molar-refractivity contribution in [2.45, 2.75) is 24.6 Å². The molecule has 0 aromatic heterocycles. The van der Waals surface area contributed by atoms with Gasteiger partial charge in [-0.15, -0.1) is 0 Å². The Kier molecular flexibility index (Phi) is 4.11. The highest BCUT2D eigenvalue weighted by atomic mass is 32.2. The summed E-state index contributed by atoms with van der Waals surface area (Å²) in [5.41, 5.74) is 5.40. The minimum Gasteiger partial charge on any atom is -0.329 e. The lowest BCUT2D eigenvalue weighted by Crippen LogP contribution is -2.41. The smallest absolute Gasteiger partial charge is 0.218 e. The van der Waals surface area contributed by atoms with Crippen molar-refractivity contribution in [2.75, 3.05) is 33.7 Å². The van der Waals surface area contributed by atoms with Crippen LogP contribution < -0.4 is 5.73 Å². The Morgan fingerprint density at radius 2 is 2.13 bits per heavy atom. The maximum atomic E-state index is 12.0. The first-order valence-electron chi connectivity index (χ1n) is 5.25. The molecule has 1 aliphatic heterocycles. The number of hydrogen-bond donors (Lipinski definition) is 1. The van der Waals surface area contributed by atoms with Gasteiger partial charge in [0.05, 0.1) is 5.25 Å². The molecule has 0 aromatic carbocycles. The Morgan fingerprint density at radius 3 is 2.53 bits per heavy atom. The quantitative estimate of drug-likeness (QED) is 0.700. The zero-order chi connectivity index (χ0) is 11.6. The highest BCUT2D eigenvalue weighted by Gasteiger charge is 2.34. The summed E-state index contributed by atoms with van der Waals surface area (Å²) in [5, 5.41) is -0.474. The third-order valence-electron chi connectivity index (χ3n) is 3.06. The zero-order valence-corrected chi connectivity index (χ0v) is 10.5. The molecule has 1 saturated heterocycles. The van der Waals surface area contributed by atoms with Crippen LogP contribution in [0.3, 0.4) is 0 Å². The fraction of sp³-hybridized carbons (Fsp3) is 1.00. The van der Waals surface area contributed by atoms with Crippen molar-refractivity contribution >= 4 is 10.0 Å². The molecule has 1 rings (SSSR count). The van der Waals surface area contributed by atoms with Gasteiger partial charge in [0.2, 0.25) is 10.0 Å². The monoisotopic (exact) mass is 235 g/mol. The molecule has 2 unspecified atom stereocenters. The molecule has 5 nitrogen and oxygen atoms in total. The predicted octanol–water partition coefficient (Wildman–Crippen LogP) is -0.701. The molecule has 90 valence electrons. The third kappa shape index (κ3) is 2.69. The summed E-state index contributed by atoms with van der Waals surface area (Å²) in [6.07, 6.45) is 0.906. The molecule has 0 spiro atoms. The average Bonchev–Trinajstić information content (AvgIpc) is 2.65. The normalized spacial score (nSPS) is 26.1. The summed E-state index contributed by atoms with van der Waals surface area (Å²) in [4.78, 5) is 2.07. The average molecular weight is 235 g/mol. The van der Waals surface area contributed by atoms with Crippen molar-refractivity contribution in [2.24, 2.45) is 5.73 Å². The number of rotatable bonds is 4. The Bertz CT molecular complexity index is 302. The fourth-order valence-corrected chi connectivity index (χ4v) is 3.23. The highest BCUT2D eigenvalue weighted by molar-refractivity contribution is 7.89. The molecule has 0 bridgehead atoms. The van der Waals surface area contributed by atoms with Crippen LogP contribution in [-0.4, -0.2) is 62.6 Å². The Morgan fingerprint density at radius 1 is 1.53 bits per heavy atom. The molecular formula is C9H21N3O2S. The molecule has 6 heteroatoms. The minimum absolute atomic E-state index is 0.186. The van der Waals surface area contributed by atoms with Crippen LogP contribution in [0.2, 0.25) is 0 Å². The summed E-state index contributed by atoms with van der Waals surface area (Å²) in [6, 6.07) is 0.338. The van der Waals surface area contributed by atoms with Crippen LogP contribution in [-0.2, 0) is 10.0 Å². The molecule has 1 heterocycles. The van der Waals surface area contributed by atoms with Crippen molar-refractivity contribution in [1.82, 2.24) is 9.21 Å². The lowest BCUT2D eigenvalue weighted by Gasteiger charge is -2.22. The van der Waals surface area contributed by atoms with Crippen LogP contribution in [0.1, 0.15) is 13.3 Å². The van der Waals surface area contributed by atoms with Crippen molar-refractivity contribution in [3.8, 4) is 0 Å². The Labute approximate surface area is 92.3 Å². The maximum Gasteiger partial charge on any atom is 0.218 e. The summed E-state index contributed by atoms with van der Waals surface area (Å²) < 4.78 is 25.5. The molecule has 2 atom stereocenters. The summed E-state index contributed by atoms with van der Waals surface area (Å²) in [6.45, 7) is 3.07. The predicted molar refractivity (Wildman–Crippen MR) is 61.1 cm³/mol. The van der Waals surface area contributed by atoms with E-state index in [1.807, 2.05) is 14.1 Å². The van der Waals surface area contributed by atoms with Crippen molar-refractivity contribution < 1.29 is 8.42 Å². The molecule has 2 N–H and O–H groups in total. The number of sulfonamides is 1. The molecule has 15 heavy (non-hydrogen) atoms. The van der Waals surface area contributed by atoms with Crippen molar-refractivity contribution in [3.05, 3.63) is 0 Å². The lowest BCUT2D eigenvalue weighted by atomic mass is 10.2. The number of hydrogen-bond acceptors (Lipinski definition) is 4. The van der Waals surface area contributed by atoms with Gasteiger partial charge in [0.25, 0.3) is 0 Å². The first kappa shape index (κ1) is 12.9. The molecule has 1 aliphatic rings. The van der Waals surface area contributed by atoms with Gasteiger partial charge in [0, 0.05) is 25.7 Å². The van der Waals surface area contributed by atoms with E-state index in [-0.39, 0.29) is 6.54 Å². The van der Waals surface area contributed by atoms with E-state index < -0.39 is 15.3 Å². The molecule has 1 fully saturated rings. The largest absolute Gasteiger partial charge is 0.329 e. The second kappa shape index (κ2) is 4.78. The Hall–Kier alpha value is -0.170. The van der Waals surface area contributed by atoms with Gasteiger partial charge in [0.1, 0.15) is 0 Å². The van der Waals surface area contributed by atoms with Gasteiger partial charge in [-0.25, -0.2) is 12.7 Å². The van der Waals surface area contributed by atoms with Crippen LogP contribution in [0, 0.1) is 0 Å². The van der Waals surface area contributed by atoms with E-state index in [1.54, 1.807) is 11.2 Å².